The van der Waals surface area contributed by atoms with Crippen molar-refractivity contribution >= 4 is 34.4 Å². The molecule has 1 fully saturated rings. The highest BCUT2D eigenvalue weighted by Crippen LogP contribution is 2.27. The highest BCUT2D eigenvalue weighted by atomic mass is 35.5. The SMILES string of the molecule is Cn1c(=O)n(C2CCOCC2)c2nc(Nc3ccc(C#N)cc3Cl)ncc21. The summed E-state index contributed by atoms with van der Waals surface area (Å²) in [4.78, 5) is 21.6. The fraction of sp³-hybridized carbons (Fsp3) is 0.333. The third-order valence-corrected chi connectivity index (χ3v) is 5.05. The number of aromatic nitrogens is 4. The minimum Gasteiger partial charge on any atom is -0.381 e. The van der Waals surface area contributed by atoms with E-state index in [-0.39, 0.29) is 11.7 Å². The molecule has 4 rings (SSSR count). The van der Waals surface area contributed by atoms with Crippen molar-refractivity contribution in [3.05, 3.63) is 45.5 Å². The lowest BCUT2D eigenvalue weighted by Gasteiger charge is -2.22. The molecule has 2 aromatic heterocycles. The van der Waals surface area contributed by atoms with E-state index < -0.39 is 0 Å². The van der Waals surface area contributed by atoms with E-state index in [9.17, 15) is 4.79 Å². The molecule has 1 aliphatic heterocycles. The second-order valence-corrected chi connectivity index (χ2v) is 6.80. The summed E-state index contributed by atoms with van der Waals surface area (Å²) in [6.07, 6.45) is 3.17. The summed E-state index contributed by atoms with van der Waals surface area (Å²) in [6, 6.07) is 7.03. The van der Waals surface area contributed by atoms with Gasteiger partial charge in [0.1, 0.15) is 5.52 Å². The predicted octanol–water partition coefficient (Wildman–Crippen LogP) is 2.75. The molecular weight excluding hydrogens is 368 g/mol. The number of rotatable bonds is 3. The number of nitriles is 1. The zero-order valence-corrected chi connectivity index (χ0v) is 15.4. The van der Waals surface area contributed by atoms with Gasteiger partial charge in [0, 0.05) is 26.3 Å². The van der Waals surface area contributed by atoms with Gasteiger partial charge in [-0.1, -0.05) is 11.6 Å². The highest BCUT2D eigenvalue weighted by molar-refractivity contribution is 6.33. The molecule has 0 bridgehead atoms. The number of benzene rings is 1. The van der Waals surface area contributed by atoms with E-state index in [1.807, 2.05) is 6.07 Å². The fourth-order valence-corrected chi connectivity index (χ4v) is 3.50. The Balaban J connectivity index is 1.75. The first kappa shape index (κ1) is 17.5. The van der Waals surface area contributed by atoms with Crippen LogP contribution in [-0.2, 0) is 11.8 Å². The molecule has 0 saturated carbocycles. The predicted molar refractivity (Wildman–Crippen MR) is 101 cm³/mol. The molecule has 3 aromatic rings. The van der Waals surface area contributed by atoms with Crippen LogP contribution in [-0.4, -0.2) is 32.3 Å². The summed E-state index contributed by atoms with van der Waals surface area (Å²) in [5.41, 5.74) is 2.20. The number of hydrogen-bond acceptors (Lipinski definition) is 6. The molecule has 8 nitrogen and oxygen atoms in total. The Bertz CT molecular complexity index is 1110. The van der Waals surface area contributed by atoms with Crippen LogP contribution >= 0.6 is 11.6 Å². The molecule has 0 amide bonds. The lowest BCUT2D eigenvalue weighted by Crippen LogP contribution is -2.30. The molecule has 0 aliphatic carbocycles. The number of hydrogen-bond donors (Lipinski definition) is 1. The Morgan fingerprint density at radius 1 is 1.37 bits per heavy atom. The molecule has 1 N–H and O–H groups in total. The van der Waals surface area contributed by atoms with Crippen LogP contribution in [0.3, 0.4) is 0 Å². The normalized spacial score (nSPS) is 15.0. The van der Waals surface area contributed by atoms with E-state index >= 15 is 0 Å². The average Bonchev–Trinajstić information content (AvgIpc) is 2.94. The Labute approximate surface area is 160 Å². The van der Waals surface area contributed by atoms with Gasteiger partial charge in [-0.15, -0.1) is 0 Å². The molecule has 138 valence electrons. The Hall–Kier alpha value is -2.89. The second kappa shape index (κ2) is 7.02. The summed E-state index contributed by atoms with van der Waals surface area (Å²) in [6.45, 7) is 1.26. The van der Waals surface area contributed by atoms with Gasteiger partial charge >= 0.3 is 5.69 Å². The highest BCUT2D eigenvalue weighted by Gasteiger charge is 2.23. The Morgan fingerprint density at radius 3 is 2.85 bits per heavy atom. The number of halogens is 1. The number of imidazole rings is 1. The van der Waals surface area contributed by atoms with Gasteiger partial charge in [-0.3, -0.25) is 9.13 Å². The maximum Gasteiger partial charge on any atom is 0.330 e. The monoisotopic (exact) mass is 384 g/mol. The van der Waals surface area contributed by atoms with Crippen LogP contribution in [0, 0.1) is 11.3 Å². The maximum absolute atomic E-state index is 12.7. The van der Waals surface area contributed by atoms with Crippen molar-refractivity contribution in [2.45, 2.75) is 18.9 Å². The van der Waals surface area contributed by atoms with Crippen molar-refractivity contribution in [1.29, 1.82) is 5.26 Å². The van der Waals surface area contributed by atoms with Crippen LogP contribution in [0.4, 0.5) is 11.6 Å². The third kappa shape index (κ3) is 3.16. The van der Waals surface area contributed by atoms with Crippen LogP contribution in [0.5, 0.6) is 0 Å². The molecule has 3 heterocycles. The molecule has 0 radical (unpaired) electrons. The van der Waals surface area contributed by atoms with E-state index in [0.717, 1.165) is 12.8 Å². The molecule has 9 heteroatoms. The fourth-order valence-electron chi connectivity index (χ4n) is 3.27. The van der Waals surface area contributed by atoms with Crippen molar-refractivity contribution < 1.29 is 4.74 Å². The summed E-state index contributed by atoms with van der Waals surface area (Å²) in [5, 5.41) is 12.4. The molecule has 1 aromatic carbocycles. The minimum atomic E-state index is -0.111. The quantitative estimate of drug-likeness (QED) is 0.745. The van der Waals surface area contributed by atoms with Crippen molar-refractivity contribution in [2.75, 3.05) is 18.5 Å². The van der Waals surface area contributed by atoms with E-state index in [1.165, 1.54) is 0 Å². The molecule has 27 heavy (non-hydrogen) atoms. The zero-order valence-electron chi connectivity index (χ0n) is 14.6. The zero-order chi connectivity index (χ0) is 19.0. The molecule has 0 atom stereocenters. The number of nitrogens with one attached hydrogen (secondary N) is 1. The van der Waals surface area contributed by atoms with Crippen LogP contribution in [0.15, 0.2) is 29.2 Å². The maximum atomic E-state index is 12.7. The minimum absolute atomic E-state index is 0.0520. The number of fused-ring (bicyclic) bond motifs is 1. The first-order chi connectivity index (χ1) is 13.1. The number of nitrogens with zero attached hydrogens (tertiary/aromatic N) is 5. The van der Waals surface area contributed by atoms with E-state index in [2.05, 4.69) is 15.3 Å². The smallest absolute Gasteiger partial charge is 0.330 e. The van der Waals surface area contributed by atoms with E-state index in [4.69, 9.17) is 21.6 Å². The van der Waals surface area contributed by atoms with Crippen molar-refractivity contribution in [2.24, 2.45) is 7.05 Å². The van der Waals surface area contributed by atoms with Gasteiger partial charge in [-0.25, -0.2) is 9.78 Å². The van der Waals surface area contributed by atoms with Gasteiger partial charge < -0.3 is 10.1 Å². The largest absolute Gasteiger partial charge is 0.381 e. The van der Waals surface area contributed by atoms with Crippen LogP contribution in [0.2, 0.25) is 5.02 Å². The van der Waals surface area contributed by atoms with E-state index in [0.29, 0.717) is 46.6 Å². The summed E-state index contributed by atoms with van der Waals surface area (Å²) in [7, 11) is 1.72. The summed E-state index contributed by atoms with van der Waals surface area (Å²) >= 11 is 6.22. The first-order valence-corrected chi connectivity index (χ1v) is 8.94. The molecule has 0 unspecified atom stereocenters. The van der Waals surface area contributed by atoms with Crippen molar-refractivity contribution in [3.8, 4) is 6.07 Å². The third-order valence-electron chi connectivity index (χ3n) is 4.73. The first-order valence-electron chi connectivity index (χ1n) is 8.57. The van der Waals surface area contributed by atoms with Gasteiger partial charge in [0.2, 0.25) is 5.95 Å². The standard InChI is InChI=1S/C18H17ClN6O2/c1-24-15-10-21-17(22-14-3-2-11(9-20)8-13(14)19)23-16(15)25(18(24)26)12-4-6-27-7-5-12/h2-3,8,10,12H,4-7H2,1H3,(H,21,22,23). The molecular formula is C18H17ClN6O2. The molecule has 1 saturated heterocycles. The van der Waals surface area contributed by atoms with Crippen LogP contribution in [0.1, 0.15) is 24.4 Å². The van der Waals surface area contributed by atoms with Gasteiger partial charge in [0.05, 0.1) is 28.5 Å². The average molecular weight is 385 g/mol. The lowest BCUT2D eigenvalue weighted by molar-refractivity contribution is 0.0695. The molecule has 0 spiro atoms. The van der Waals surface area contributed by atoms with Gasteiger partial charge in [0.25, 0.3) is 0 Å². The Kier molecular flexibility index (Phi) is 4.56. The summed E-state index contributed by atoms with van der Waals surface area (Å²) < 4.78 is 8.70. The topological polar surface area (TPSA) is 97.8 Å². The number of ether oxygens (including phenoxy) is 1. The van der Waals surface area contributed by atoms with Crippen LogP contribution < -0.4 is 11.0 Å². The number of aryl methyl sites for hydroxylation is 1. The Morgan fingerprint density at radius 2 is 2.15 bits per heavy atom. The van der Waals surface area contributed by atoms with Gasteiger partial charge in [0.15, 0.2) is 5.65 Å². The molecule has 1 aliphatic rings. The van der Waals surface area contributed by atoms with Gasteiger partial charge in [-0.05, 0) is 31.0 Å². The van der Waals surface area contributed by atoms with Gasteiger partial charge in [-0.2, -0.15) is 10.2 Å². The summed E-state index contributed by atoms with van der Waals surface area (Å²) in [5.74, 6) is 0.334. The van der Waals surface area contributed by atoms with Crippen LogP contribution in [0.25, 0.3) is 11.2 Å². The van der Waals surface area contributed by atoms with E-state index in [1.54, 1.807) is 40.6 Å². The lowest BCUT2D eigenvalue weighted by atomic mass is 10.1. The number of anilines is 2. The van der Waals surface area contributed by atoms with Crippen molar-refractivity contribution in [1.82, 2.24) is 19.1 Å². The van der Waals surface area contributed by atoms with Crippen molar-refractivity contribution in [3.63, 3.8) is 0 Å². The second-order valence-electron chi connectivity index (χ2n) is 6.39.